The molecule has 3 amide bonds. The van der Waals surface area contributed by atoms with Crippen molar-refractivity contribution in [3.8, 4) is 0 Å². The van der Waals surface area contributed by atoms with Gasteiger partial charge < -0.3 is 14.8 Å². The number of halogens is 1. The Morgan fingerprint density at radius 3 is 2.72 bits per heavy atom. The maximum Gasteiger partial charge on any atom is 0.325 e. The molecule has 7 nitrogen and oxygen atoms in total. The molecule has 1 aromatic rings. The lowest BCUT2D eigenvalue weighted by atomic mass is 9.99. The van der Waals surface area contributed by atoms with Crippen molar-refractivity contribution in [1.82, 2.24) is 10.2 Å². The zero-order chi connectivity index (χ0) is 13.5. The van der Waals surface area contributed by atoms with Crippen LogP contribution in [-0.4, -0.2) is 34.5 Å². The lowest BCUT2D eigenvalue weighted by Gasteiger charge is -2.18. The summed E-state index contributed by atoms with van der Waals surface area (Å²) in [6.07, 6.45) is 0. The fourth-order valence-corrected chi connectivity index (χ4v) is 2.03. The highest BCUT2D eigenvalue weighted by Gasteiger charge is 2.51. The quantitative estimate of drug-likeness (QED) is 0.807. The number of amides is 3. The van der Waals surface area contributed by atoms with Crippen LogP contribution >= 0.6 is 15.9 Å². The first-order chi connectivity index (χ1) is 8.34. The fraction of sp³-hybridized carbons (Fsp3) is 0.300. The Hall–Kier alpha value is -1.83. The topological polar surface area (TPSA) is 99.8 Å². The molecule has 2 heterocycles. The van der Waals surface area contributed by atoms with Crippen molar-refractivity contribution in [1.29, 1.82) is 0 Å². The number of imide groups is 1. The summed E-state index contributed by atoms with van der Waals surface area (Å²) in [6.45, 7) is 0.780. The molecule has 1 fully saturated rings. The van der Waals surface area contributed by atoms with Gasteiger partial charge in [0.2, 0.25) is 0 Å². The molecular weight excluding hydrogens is 308 g/mol. The average molecular weight is 317 g/mol. The fourth-order valence-electron chi connectivity index (χ4n) is 1.73. The van der Waals surface area contributed by atoms with Gasteiger partial charge in [-0.15, -0.1) is 0 Å². The van der Waals surface area contributed by atoms with Gasteiger partial charge in [0.15, 0.2) is 10.2 Å². The number of urea groups is 1. The molecule has 1 aromatic heterocycles. The Kier molecular flexibility index (Phi) is 2.89. The summed E-state index contributed by atoms with van der Waals surface area (Å²) >= 11 is 3.10. The summed E-state index contributed by atoms with van der Waals surface area (Å²) in [5, 5.41) is 11.1. The second-order valence-electron chi connectivity index (χ2n) is 3.94. The van der Waals surface area contributed by atoms with Crippen molar-refractivity contribution in [2.75, 3.05) is 6.54 Å². The molecule has 1 aliphatic heterocycles. The molecule has 0 aliphatic carbocycles. The largest absolute Gasteiger partial charge is 0.480 e. The van der Waals surface area contributed by atoms with E-state index in [4.69, 9.17) is 9.52 Å². The van der Waals surface area contributed by atoms with Gasteiger partial charge in [-0.2, -0.15) is 0 Å². The molecule has 2 rings (SSSR count). The van der Waals surface area contributed by atoms with E-state index in [9.17, 15) is 14.4 Å². The van der Waals surface area contributed by atoms with Gasteiger partial charge in [-0.3, -0.25) is 14.5 Å². The van der Waals surface area contributed by atoms with Gasteiger partial charge in [0.1, 0.15) is 12.3 Å². The number of carbonyl (C=O) groups is 3. The second-order valence-corrected chi connectivity index (χ2v) is 4.73. The second kappa shape index (κ2) is 4.13. The number of nitrogens with zero attached hydrogens (tertiary/aromatic N) is 1. The third-order valence-electron chi connectivity index (χ3n) is 2.63. The van der Waals surface area contributed by atoms with Crippen LogP contribution in [0.5, 0.6) is 0 Å². The van der Waals surface area contributed by atoms with Crippen molar-refractivity contribution in [3.05, 3.63) is 22.6 Å². The van der Waals surface area contributed by atoms with Gasteiger partial charge in [0.25, 0.3) is 5.91 Å². The third-order valence-corrected chi connectivity index (χ3v) is 3.06. The number of hydrogen-bond donors (Lipinski definition) is 2. The lowest BCUT2D eigenvalue weighted by Crippen LogP contribution is -2.41. The van der Waals surface area contributed by atoms with E-state index < -0.39 is 30.0 Å². The molecule has 1 saturated heterocycles. The van der Waals surface area contributed by atoms with E-state index in [0.717, 1.165) is 0 Å². The summed E-state index contributed by atoms with van der Waals surface area (Å²) in [4.78, 5) is 34.9. The highest BCUT2D eigenvalue weighted by Crippen LogP contribution is 2.31. The standard InChI is InChI=1S/C10H9BrN2O5/c1-10(5-2-3-6(11)18-5)8(16)13(4-7(14)15)9(17)12-10/h2-3H,4H2,1H3,(H,12,17)(H,14,15). The monoisotopic (exact) mass is 316 g/mol. The molecule has 1 atom stereocenters. The number of furan rings is 1. The first kappa shape index (κ1) is 12.6. The van der Waals surface area contributed by atoms with E-state index in [2.05, 4.69) is 21.2 Å². The Labute approximate surface area is 110 Å². The number of carboxylic acids is 1. The first-order valence-electron chi connectivity index (χ1n) is 4.96. The van der Waals surface area contributed by atoms with Crippen molar-refractivity contribution in [2.45, 2.75) is 12.5 Å². The van der Waals surface area contributed by atoms with Gasteiger partial charge in [-0.1, -0.05) is 0 Å². The highest BCUT2D eigenvalue weighted by molar-refractivity contribution is 9.10. The Morgan fingerprint density at radius 1 is 1.56 bits per heavy atom. The molecule has 8 heteroatoms. The van der Waals surface area contributed by atoms with Crippen LogP contribution in [0.3, 0.4) is 0 Å². The van der Waals surface area contributed by atoms with Crippen molar-refractivity contribution < 1.29 is 23.9 Å². The molecule has 0 saturated carbocycles. The minimum absolute atomic E-state index is 0.237. The lowest BCUT2D eigenvalue weighted by molar-refractivity contribution is -0.142. The van der Waals surface area contributed by atoms with Crippen molar-refractivity contribution >= 4 is 33.8 Å². The number of carboxylic acid groups (broad SMARTS) is 1. The predicted octanol–water partition coefficient (Wildman–Crippen LogP) is 0.894. The Bertz CT molecular complexity index is 540. The molecule has 2 N–H and O–H groups in total. The summed E-state index contributed by atoms with van der Waals surface area (Å²) < 4.78 is 5.66. The third kappa shape index (κ3) is 1.88. The van der Waals surface area contributed by atoms with Crippen molar-refractivity contribution in [2.24, 2.45) is 0 Å². The van der Waals surface area contributed by atoms with Crippen LogP contribution in [0.25, 0.3) is 0 Å². The van der Waals surface area contributed by atoms with E-state index >= 15 is 0 Å². The molecule has 96 valence electrons. The predicted molar refractivity (Wildman–Crippen MR) is 61.6 cm³/mol. The van der Waals surface area contributed by atoms with E-state index in [1.807, 2.05) is 0 Å². The normalized spacial score (nSPS) is 23.3. The Morgan fingerprint density at radius 2 is 2.22 bits per heavy atom. The van der Waals surface area contributed by atoms with Crippen LogP contribution in [0.2, 0.25) is 0 Å². The van der Waals surface area contributed by atoms with Crippen LogP contribution in [0.4, 0.5) is 4.79 Å². The van der Waals surface area contributed by atoms with Crippen LogP contribution in [0.1, 0.15) is 12.7 Å². The number of nitrogens with one attached hydrogen (secondary N) is 1. The number of carbonyl (C=O) groups excluding carboxylic acids is 2. The number of hydrogen-bond acceptors (Lipinski definition) is 4. The molecule has 0 spiro atoms. The van der Waals surface area contributed by atoms with Crippen LogP contribution in [-0.2, 0) is 15.1 Å². The first-order valence-corrected chi connectivity index (χ1v) is 5.75. The van der Waals surface area contributed by atoms with E-state index in [-0.39, 0.29) is 5.76 Å². The maximum atomic E-state index is 12.1. The molecule has 1 unspecified atom stereocenters. The smallest absolute Gasteiger partial charge is 0.325 e. The molecule has 0 bridgehead atoms. The zero-order valence-corrected chi connectivity index (χ0v) is 10.9. The molecule has 0 aromatic carbocycles. The maximum absolute atomic E-state index is 12.1. The summed E-state index contributed by atoms with van der Waals surface area (Å²) in [5.74, 6) is -1.68. The summed E-state index contributed by atoms with van der Waals surface area (Å²) in [5.41, 5.74) is -1.38. The van der Waals surface area contributed by atoms with Gasteiger partial charge in [0.05, 0.1) is 0 Å². The minimum Gasteiger partial charge on any atom is -0.480 e. The van der Waals surface area contributed by atoms with Crippen LogP contribution in [0, 0.1) is 0 Å². The molecule has 18 heavy (non-hydrogen) atoms. The number of rotatable bonds is 3. The van der Waals surface area contributed by atoms with Gasteiger partial charge in [0, 0.05) is 0 Å². The average Bonchev–Trinajstić information content (AvgIpc) is 2.78. The van der Waals surface area contributed by atoms with Gasteiger partial charge >= 0.3 is 12.0 Å². The van der Waals surface area contributed by atoms with Crippen LogP contribution < -0.4 is 5.32 Å². The van der Waals surface area contributed by atoms with E-state index in [1.165, 1.54) is 13.0 Å². The van der Waals surface area contributed by atoms with Gasteiger partial charge in [-0.25, -0.2) is 4.79 Å². The summed E-state index contributed by atoms with van der Waals surface area (Å²) in [7, 11) is 0. The minimum atomic E-state index is -1.38. The molecular formula is C10H9BrN2O5. The zero-order valence-electron chi connectivity index (χ0n) is 9.27. The highest BCUT2D eigenvalue weighted by atomic mass is 79.9. The van der Waals surface area contributed by atoms with E-state index in [1.54, 1.807) is 6.07 Å². The number of aliphatic carboxylic acids is 1. The molecule has 0 radical (unpaired) electrons. The van der Waals surface area contributed by atoms with E-state index in [0.29, 0.717) is 9.57 Å². The Balaban J connectivity index is 2.34. The van der Waals surface area contributed by atoms with Gasteiger partial charge in [-0.05, 0) is 35.0 Å². The van der Waals surface area contributed by atoms with Crippen molar-refractivity contribution in [3.63, 3.8) is 0 Å². The van der Waals surface area contributed by atoms with Crippen LogP contribution in [0.15, 0.2) is 21.2 Å². The SMILES string of the molecule is CC1(c2ccc(Br)o2)NC(=O)N(CC(=O)O)C1=O. The molecule has 1 aliphatic rings. The summed E-state index contributed by atoms with van der Waals surface area (Å²) in [6, 6.07) is 2.37.